The molecule has 0 N–H and O–H groups in total. The molecule has 0 spiro atoms. The molecule has 0 atom stereocenters. The van der Waals surface area contributed by atoms with Crippen LogP contribution in [-0.2, 0) is 0 Å². The van der Waals surface area contributed by atoms with Crippen molar-refractivity contribution in [1.29, 1.82) is 0 Å². The van der Waals surface area contributed by atoms with Crippen molar-refractivity contribution in [3.05, 3.63) is 201 Å². The topological polar surface area (TPSA) is 26.6 Å². The minimum absolute atomic E-state index is 0.928. The third-order valence-corrected chi connectivity index (χ3v) is 9.99. The van der Waals surface area contributed by atoms with Crippen LogP contribution in [0.5, 0.6) is 0 Å². The van der Waals surface area contributed by atoms with Gasteiger partial charge in [-0.15, -0.1) is 0 Å². The molecule has 3 heterocycles. The number of nitrogens with zero attached hydrogens (tertiary/aromatic N) is 4. The zero-order valence-corrected chi connectivity index (χ0v) is 28.3. The lowest BCUT2D eigenvalue weighted by Crippen LogP contribution is -2.30. The van der Waals surface area contributed by atoms with E-state index in [0.717, 1.165) is 44.9 Å². The number of fused-ring (bicyclic) bond motifs is 4. The summed E-state index contributed by atoms with van der Waals surface area (Å²) < 4.78 is 6.70. The molecule has 244 valence electrons. The Balaban J connectivity index is 1.11. The lowest BCUT2D eigenvalue weighted by Gasteiger charge is -2.13. The molecule has 4 nitrogen and oxygen atoms in total. The molecule has 0 unspecified atom stereocenters. The smallest absolute Gasteiger partial charge is 0.269 e. The van der Waals surface area contributed by atoms with Gasteiger partial charge in [-0.05, 0) is 76.9 Å². The highest BCUT2D eigenvalue weighted by Crippen LogP contribution is 2.38. The van der Waals surface area contributed by atoms with Gasteiger partial charge in [0.05, 0.1) is 39.1 Å². The molecule has 7 aromatic carbocycles. The third-order valence-electron chi connectivity index (χ3n) is 9.99. The van der Waals surface area contributed by atoms with Crippen LogP contribution in [0.2, 0.25) is 0 Å². The Morgan fingerprint density at radius 2 is 1.10 bits per heavy atom. The van der Waals surface area contributed by atoms with Crippen LogP contribution in [0.25, 0.3) is 83.4 Å². The van der Waals surface area contributed by atoms with E-state index in [4.69, 9.17) is 0 Å². The fraction of sp³-hybridized carbons (Fsp3) is 0. The van der Waals surface area contributed by atoms with Crippen LogP contribution >= 0.6 is 0 Å². The van der Waals surface area contributed by atoms with Gasteiger partial charge in [0.2, 0.25) is 0 Å². The quantitative estimate of drug-likeness (QED) is 0.128. The van der Waals surface area contributed by atoms with Gasteiger partial charge < -0.3 is 4.57 Å². The van der Waals surface area contributed by atoms with Gasteiger partial charge in [0, 0.05) is 28.2 Å². The average molecular weight is 665 g/mol. The normalized spacial score (nSPS) is 11.5. The van der Waals surface area contributed by atoms with Crippen molar-refractivity contribution in [3.8, 4) is 50.6 Å². The maximum Gasteiger partial charge on any atom is 0.269 e. The summed E-state index contributed by atoms with van der Waals surface area (Å²) in [7, 11) is 0. The summed E-state index contributed by atoms with van der Waals surface area (Å²) in [4.78, 5) is 4.67. The number of hydrogen-bond donors (Lipinski definition) is 0. The van der Waals surface area contributed by atoms with E-state index in [1.54, 1.807) is 0 Å². The van der Waals surface area contributed by atoms with Crippen molar-refractivity contribution in [3.63, 3.8) is 0 Å². The first kappa shape index (κ1) is 29.8. The molecule has 10 aromatic rings. The Bertz CT molecular complexity index is 2900. The SMILES string of the molecule is [c-]1n(-c2cccc(-c3ccccc3-c3ccc4c5ccccc5n(-c5ccccc5)c4c3)c2)c2ccccc2[n+]1-c1ccccc1-c1ccccn1. The second-order valence-electron chi connectivity index (χ2n) is 13.0. The minimum atomic E-state index is 0.928. The molecule has 52 heavy (non-hydrogen) atoms. The number of rotatable bonds is 6. The van der Waals surface area contributed by atoms with Gasteiger partial charge in [0.25, 0.3) is 6.33 Å². The Labute approximate surface area is 301 Å². The van der Waals surface area contributed by atoms with E-state index in [1.807, 2.05) is 18.3 Å². The molecule has 0 amide bonds. The highest BCUT2D eigenvalue weighted by Gasteiger charge is 2.18. The van der Waals surface area contributed by atoms with E-state index >= 15 is 0 Å². The highest BCUT2D eigenvalue weighted by molar-refractivity contribution is 6.10. The van der Waals surface area contributed by atoms with Crippen LogP contribution in [0.3, 0.4) is 0 Å². The summed E-state index contributed by atoms with van der Waals surface area (Å²) >= 11 is 0. The van der Waals surface area contributed by atoms with Crippen LogP contribution in [-0.4, -0.2) is 14.1 Å². The second kappa shape index (κ2) is 12.4. The van der Waals surface area contributed by atoms with Crippen molar-refractivity contribution in [2.24, 2.45) is 0 Å². The highest BCUT2D eigenvalue weighted by atomic mass is 15.1. The zero-order valence-electron chi connectivity index (χ0n) is 28.3. The van der Waals surface area contributed by atoms with E-state index in [9.17, 15) is 0 Å². The number of aromatic nitrogens is 4. The molecule has 0 aliphatic rings. The molecule has 0 aliphatic carbocycles. The summed E-state index contributed by atoms with van der Waals surface area (Å²) in [6, 6.07) is 66.6. The Hall–Kier alpha value is -7.04. The molecule has 0 bridgehead atoms. The lowest BCUT2D eigenvalue weighted by molar-refractivity contribution is -0.571. The van der Waals surface area contributed by atoms with E-state index in [1.165, 1.54) is 38.5 Å². The van der Waals surface area contributed by atoms with Crippen molar-refractivity contribution in [2.45, 2.75) is 0 Å². The second-order valence-corrected chi connectivity index (χ2v) is 13.0. The number of imidazole rings is 1. The minimum Gasteiger partial charge on any atom is -0.309 e. The Morgan fingerprint density at radius 3 is 1.92 bits per heavy atom. The summed E-state index contributed by atoms with van der Waals surface area (Å²) in [5, 5.41) is 2.50. The van der Waals surface area contributed by atoms with Crippen LogP contribution in [0.4, 0.5) is 0 Å². The van der Waals surface area contributed by atoms with Gasteiger partial charge in [0.1, 0.15) is 0 Å². The van der Waals surface area contributed by atoms with E-state index in [2.05, 4.69) is 201 Å². The molecule has 4 heteroatoms. The standard InChI is InChI=1S/C48H32N4/c1-2-16-36(17-3-1)52-45-25-9-6-21-40(45)41-29-28-35(32-48(41)52)39-20-5-4-19-38(39)34-15-14-18-37(31-34)50-33-51(47-27-11-10-26-46(47)50)44-24-8-7-22-42(44)43-23-12-13-30-49-43/h1-32H. The Kier molecular flexibility index (Phi) is 7.10. The number of hydrogen-bond acceptors (Lipinski definition) is 1. The summed E-state index contributed by atoms with van der Waals surface area (Å²) in [6.45, 7) is 0. The predicted molar refractivity (Wildman–Crippen MR) is 212 cm³/mol. The fourth-order valence-corrected chi connectivity index (χ4v) is 7.63. The maximum absolute atomic E-state index is 4.67. The van der Waals surface area contributed by atoms with Gasteiger partial charge in [-0.25, -0.2) is 0 Å². The number of benzene rings is 7. The van der Waals surface area contributed by atoms with Crippen molar-refractivity contribution in [1.82, 2.24) is 14.1 Å². The van der Waals surface area contributed by atoms with Crippen molar-refractivity contribution < 1.29 is 4.57 Å². The van der Waals surface area contributed by atoms with E-state index < -0.39 is 0 Å². The molecule has 0 saturated carbocycles. The van der Waals surface area contributed by atoms with Crippen LogP contribution in [0, 0.1) is 6.33 Å². The molecule has 0 aliphatic heterocycles. The largest absolute Gasteiger partial charge is 0.309 e. The molecular weight excluding hydrogens is 633 g/mol. The zero-order chi connectivity index (χ0) is 34.4. The molecular formula is C48H32N4. The van der Waals surface area contributed by atoms with Crippen molar-refractivity contribution in [2.75, 3.05) is 0 Å². The first-order chi connectivity index (χ1) is 25.8. The van der Waals surface area contributed by atoms with Gasteiger partial charge in [-0.1, -0.05) is 133 Å². The van der Waals surface area contributed by atoms with Gasteiger partial charge in [-0.3, -0.25) is 14.1 Å². The van der Waals surface area contributed by atoms with Crippen LogP contribution in [0.15, 0.2) is 194 Å². The van der Waals surface area contributed by atoms with Crippen LogP contribution < -0.4 is 4.57 Å². The summed E-state index contributed by atoms with van der Waals surface area (Å²) in [5.41, 5.74) is 14.4. The molecule has 0 fully saturated rings. The van der Waals surface area contributed by atoms with Gasteiger partial charge in [0.15, 0.2) is 0 Å². The third kappa shape index (κ3) is 4.92. The first-order valence-electron chi connectivity index (χ1n) is 17.6. The fourth-order valence-electron chi connectivity index (χ4n) is 7.63. The van der Waals surface area contributed by atoms with Gasteiger partial charge >= 0.3 is 0 Å². The molecule has 10 rings (SSSR count). The van der Waals surface area contributed by atoms with Crippen LogP contribution in [0.1, 0.15) is 0 Å². The average Bonchev–Trinajstić information content (AvgIpc) is 3.78. The molecule has 3 aromatic heterocycles. The molecule has 0 radical (unpaired) electrons. The predicted octanol–water partition coefficient (Wildman–Crippen LogP) is 11.2. The van der Waals surface area contributed by atoms with E-state index in [0.29, 0.717) is 0 Å². The monoisotopic (exact) mass is 664 g/mol. The van der Waals surface area contributed by atoms with Gasteiger partial charge in [-0.2, -0.15) is 0 Å². The summed E-state index contributed by atoms with van der Waals surface area (Å²) in [6.07, 6.45) is 5.56. The number of para-hydroxylation sites is 5. The summed E-state index contributed by atoms with van der Waals surface area (Å²) in [5.74, 6) is 0. The van der Waals surface area contributed by atoms with E-state index in [-0.39, 0.29) is 0 Å². The Morgan fingerprint density at radius 1 is 0.442 bits per heavy atom. The lowest BCUT2D eigenvalue weighted by atomic mass is 9.93. The number of pyridine rings is 1. The van der Waals surface area contributed by atoms with Crippen molar-refractivity contribution >= 4 is 32.8 Å². The molecule has 0 saturated heterocycles. The first-order valence-corrected chi connectivity index (χ1v) is 17.6. The maximum atomic E-state index is 4.67.